The highest BCUT2D eigenvalue weighted by Gasteiger charge is 2.27. The lowest BCUT2D eigenvalue weighted by Gasteiger charge is -1.95. The number of fused-ring (bicyclic) bond motifs is 1. The Morgan fingerprint density at radius 1 is 0.917 bits per heavy atom. The van der Waals surface area contributed by atoms with Crippen LogP contribution in [0.5, 0.6) is 0 Å². The largest absolute Gasteiger partial charge is 0.355 e. The van der Waals surface area contributed by atoms with E-state index in [4.69, 9.17) is 11.6 Å². The van der Waals surface area contributed by atoms with E-state index in [1.165, 1.54) is 0 Å². The highest BCUT2D eigenvalue weighted by molar-refractivity contribution is 6.30. The molecule has 0 amide bonds. The number of benzene rings is 2. The number of halogens is 1. The summed E-state index contributed by atoms with van der Waals surface area (Å²) in [4.78, 5) is 12.9. The molecule has 0 spiro atoms. The van der Waals surface area contributed by atoms with Crippen LogP contribution in [0.25, 0.3) is 11.3 Å². The van der Waals surface area contributed by atoms with Crippen molar-refractivity contribution in [3.8, 4) is 5.69 Å². The van der Waals surface area contributed by atoms with Crippen molar-refractivity contribution in [3.63, 3.8) is 0 Å². The van der Waals surface area contributed by atoms with Crippen molar-refractivity contribution < 1.29 is 9.20 Å². The molecule has 0 N–H and O–H groups in total. The number of aromatic nitrogens is 3. The lowest BCUT2D eigenvalue weighted by Crippen LogP contribution is -2.28. The number of pyridine rings is 1. The van der Waals surface area contributed by atoms with Crippen molar-refractivity contribution in [1.29, 1.82) is 0 Å². The molecular formula is C19H13ClN3O+. The topological polar surface area (TPSA) is 39.0 Å². The maximum Gasteiger partial charge on any atom is 0.355 e. The molecular weight excluding hydrogens is 322 g/mol. The fourth-order valence-corrected chi connectivity index (χ4v) is 2.75. The maximum atomic E-state index is 12.9. The molecule has 0 radical (unpaired) electrons. The molecule has 0 saturated carbocycles. The summed E-state index contributed by atoms with van der Waals surface area (Å²) in [7, 11) is 0. The summed E-state index contributed by atoms with van der Waals surface area (Å²) >= 11 is 5.91. The van der Waals surface area contributed by atoms with Gasteiger partial charge in [0.25, 0.3) is 11.4 Å². The number of hydrogen-bond donors (Lipinski definition) is 0. The molecule has 0 unspecified atom stereocenters. The number of ketones is 1. The Labute approximate surface area is 143 Å². The number of rotatable bonds is 3. The van der Waals surface area contributed by atoms with Crippen LogP contribution in [0.2, 0.25) is 5.02 Å². The maximum absolute atomic E-state index is 12.9. The Balaban J connectivity index is 1.90. The van der Waals surface area contributed by atoms with Gasteiger partial charge >= 0.3 is 5.82 Å². The van der Waals surface area contributed by atoms with E-state index < -0.39 is 0 Å². The van der Waals surface area contributed by atoms with Gasteiger partial charge in [0.15, 0.2) is 0 Å². The zero-order chi connectivity index (χ0) is 16.5. The third-order valence-electron chi connectivity index (χ3n) is 3.79. The van der Waals surface area contributed by atoms with Gasteiger partial charge in [-0.1, -0.05) is 40.5 Å². The summed E-state index contributed by atoms with van der Waals surface area (Å²) in [6.07, 6.45) is 1.84. The molecule has 0 aliphatic heterocycles. The summed E-state index contributed by atoms with van der Waals surface area (Å²) in [5, 5.41) is 5.15. The quantitative estimate of drug-likeness (QED) is 0.425. The molecule has 0 bridgehead atoms. The van der Waals surface area contributed by atoms with Crippen LogP contribution in [0.15, 0.2) is 79.0 Å². The van der Waals surface area contributed by atoms with Gasteiger partial charge < -0.3 is 0 Å². The van der Waals surface area contributed by atoms with Crippen LogP contribution in [0.1, 0.15) is 16.2 Å². The van der Waals surface area contributed by atoms with Crippen molar-refractivity contribution >= 4 is 23.0 Å². The average Bonchev–Trinajstić information content (AvgIpc) is 3.02. The lowest BCUT2D eigenvalue weighted by atomic mass is 10.1. The first-order chi connectivity index (χ1) is 11.7. The smallest absolute Gasteiger partial charge is 0.282 e. The molecule has 24 heavy (non-hydrogen) atoms. The minimum atomic E-state index is -0.150. The fourth-order valence-electron chi connectivity index (χ4n) is 2.62. The number of hydrogen-bond acceptors (Lipinski definition) is 2. The first-order valence-electron chi connectivity index (χ1n) is 7.49. The van der Waals surface area contributed by atoms with Gasteiger partial charge in [-0.05, 0) is 42.5 Å². The molecule has 4 rings (SSSR count). The minimum Gasteiger partial charge on any atom is -0.282 e. The summed E-state index contributed by atoms with van der Waals surface area (Å²) < 4.78 is 3.56. The van der Waals surface area contributed by atoms with Gasteiger partial charge in [0.2, 0.25) is 0 Å². The molecule has 5 heteroatoms. The SMILES string of the molecule is O=C(c1ccc(Cl)cc1)c1nn(-c2ccccc2)c2cccc[n+]12. The standard InChI is InChI=1S/C19H13ClN3O/c20-15-11-9-14(10-12-15)18(24)19-21-23(16-6-2-1-3-7-16)17-8-4-5-13-22(17)19/h1-13H/q+1. The predicted octanol–water partition coefficient (Wildman–Crippen LogP) is 3.50. The zero-order valence-electron chi connectivity index (χ0n) is 12.6. The Hall–Kier alpha value is -2.98. The van der Waals surface area contributed by atoms with Crippen LogP contribution >= 0.6 is 11.6 Å². The summed E-state index contributed by atoms with van der Waals surface area (Å²) in [5.41, 5.74) is 2.27. The van der Waals surface area contributed by atoms with E-state index >= 15 is 0 Å². The van der Waals surface area contributed by atoms with E-state index in [0.717, 1.165) is 11.3 Å². The van der Waals surface area contributed by atoms with Crippen LogP contribution < -0.4 is 4.40 Å². The van der Waals surface area contributed by atoms with Gasteiger partial charge in [0.1, 0.15) is 5.69 Å². The molecule has 0 aliphatic rings. The van der Waals surface area contributed by atoms with E-state index in [1.807, 2.05) is 54.7 Å². The van der Waals surface area contributed by atoms with Crippen molar-refractivity contribution in [2.75, 3.05) is 0 Å². The predicted molar refractivity (Wildman–Crippen MR) is 91.6 cm³/mol. The van der Waals surface area contributed by atoms with Crippen LogP contribution in [0, 0.1) is 0 Å². The van der Waals surface area contributed by atoms with Crippen molar-refractivity contribution in [2.45, 2.75) is 0 Å². The average molecular weight is 335 g/mol. The Kier molecular flexibility index (Phi) is 3.59. The minimum absolute atomic E-state index is 0.150. The van der Waals surface area contributed by atoms with Gasteiger partial charge in [-0.15, -0.1) is 0 Å². The molecule has 4 aromatic rings. The first-order valence-corrected chi connectivity index (χ1v) is 7.87. The van der Waals surface area contributed by atoms with Crippen LogP contribution in [0.3, 0.4) is 0 Å². The fraction of sp³-hybridized carbons (Fsp3) is 0. The second-order valence-corrected chi connectivity index (χ2v) is 5.77. The molecule has 0 atom stereocenters. The molecule has 0 aliphatic carbocycles. The van der Waals surface area contributed by atoms with E-state index in [2.05, 4.69) is 5.10 Å². The Bertz CT molecular complexity index is 1020. The zero-order valence-corrected chi connectivity index (χ0v) is 13.4. The first kappa shape index (κ1) is 14.6. The van der Waals surface area contributed by atoms with Gasteiger partial charge in [-0.2, -0.15) is 4.40 Å². The highest BCUT2D eigenvalue weighted by atomic mass is 35.5. The Morgan fingerprint density at radius 3 is 2.38 bits per heavy atom. The number of carbonyl (C=O) groups excluding carboxylic acids is 1. The van der Waals surface area contributed by atoms with E-state index in [0.29, 0.717) is 16.4 Å². The van der Waals surface area contributed by atoms with Crippen LogP contribution in [-0.2, 0) is 0 Å². The molecule has 2 aromatic carbocycles. The summed E-state index contributed by atoms with van der Waals surface area (Å²) in [5.74, 6) is 0.208. The number of para-hydroxylation sites is 1. The molecule has 116 valence electrons. The van der Waals surface area contributed by atoms with E-state index in [1.54, 1.807) is 33.3 Å². The van der Waals surface area contributed by atoms with Gasteiger partial charge in [-0.3, -0.25) is 4.79 Å². The van der Waals surface area contributed by atoms with E-state index in [9.17, 15) is 4.79 Å². The Morgan fingerprint density at radius 2 is 1.62 bits per heavy atom. The number of carbonyl (C=O) groups is 1. The summed E-state index contributed by atoms with van der Waals surface area (Å²) in [6, 6.07) is 22.3. The van der Waals surface area contributed by atoms with Crippen LogP contribution in [-0.4, -0.2) is 15.6 Å². The van der Waals surface area contributed by atoms with Crippen molar-refractivity contribution in [3.05, 3.63) is 95.4 Å². The van der Waals surface area contributed by atoms with Crippen molar-refractivity contribution in [1.82, 2.24) is 9.78 Å². The number of nitrogens with zero attached hydrogens (tertiary/aromatic N) is 3. The molecule has 0 saturated heterocycles. The molecule has 4 nitrogen and oxygen atoms in total. The van der Waals surface area contributed by atoms with Crippen molar-refractivity contribution in [2.24, 2.45) is 0 Å². The normalized spacial score (nSPS) is 10.9. The summed E-state index contributed by atoms with van der Waals surface area (Å²) in [6.45, 7) is 0. The second-order valence-electron chi connectivity index (χ2n) is 5.34. The monoisotopic (exact) mass is 334 g/mol. The van der Waals surface area contributed by atoms with Crippen LogP contribution in [0.4, 0.5) is 0 Å². The van der Waals surface area contributed by atoms with Gasteiger partial charge in [0.05, 0.1) is 11.3 Å². The van der Waals surface area contributed by atoms with E-state index in [-0.39, 0.29) is 5.78 Å². The molecule has 0 fully saturated rings. The molecule has 2 heterocycles. The highest BCUT2D eigenvalue weighted by Crippen LogP contribution is 2.14. The third kappa shape index (κ3) is 2.47. The lowest BCUT2D eigenvalue weighted by molar-refractivity contribution is -0.515. The van der Waals surface area contributed by atoms with Gasteiger partial charge in [0, 0.05) is 16.7 Å². The molecule has 2 aromatic heterocycles. The third-order valence-corrected chi connectivity index (χ3v) is 4.04. The van der Waals surface area contributed by atoms with Gasteiger partial charge in [-0.25, -0.2) is 0 Å². The second kappa shape index (κ2) is 5.91.